The van der Waals surface area contributed by atoms with Gasteiger partial charge in [0.2, 0.25) is 0 Å². The van der Waals surface area contributed by atoms with Crippen LogP contribution in [0.15, 0.2) is 28.1 Å². The second-order valence-electron chi connectivity index (χ2n) is 3.05. The SMILES string of the molecule is N#Cc1ccc(-c2nc(CBr)sc2Br)cc1. The molecule has 0 amide bonds. The molecule has 2 rings (SSSR count). The van der Waals surface area contributed by atoms with Gasteiger partial charge >= 0.3 is 0 Å². The highest BCUT2D eigenvalue weighted by atomic mass is 79.9. The minimum absolute atomic E-state index is 0.663. The van der Waals surface area contributed by atoms with Gasteiger partial charge < -0.3 is 0 Å². The van der Waals surface area contributed by atoms with Gasteiger partial charge in [-0.15, -0.1) is 11.3 Å². The van der Waals surface area contributed by atoms with Crippen LogP contribution in [0, 0.1) is 11.3 Å². The van der Waals surface area contributed by atoms with E-state index in [0.29, 0.717) is 5.56 Å². The molecule has 0 spiro atoms. The Kier molecular flexibility index (Phi) is 3.74. The Morgan fingerprint density at radius 3 is 2.50 bits per heavy atom. The van der Waals surface area contributed by atoms with E-state index in [0.717, 1.165) is 25.4 Å². The molecule has 1 aromatic carbocycles. The van der Waals surface area contributed by atoms with E-state index in [1.165, 1.54) is 0 Å². The van der Waals surface area contributed by atoms with Crippen LogP contribution in [-0.2, 0) is 5.33 Å². The van der Waals surface area contributed by atoms with Crippen molar-refractivity contribution in [1.82, 2.24) is 4.98 Å². The summed E-state index contributed by atoms with van der Waals surface area (Å²) in [5.41, 5.74) is 2.62. The molecule has 2 nitrogen and oxygen atoms in total. The lowest BCUT2D eigenvalue weighted by Gasteiger charge is -1.97. The van der Waals surface area contributed by atoms with Crippen molar-refractivity contribution >= 4 is 43.2 Å². The van der Waals surface area contributed by atoms with E-state index in [1.807, 2.05) is 12.1 Å². The molecule has 1 heterocycles. The van der Waals surface area contributed by atoms with Crippen molar-refractivity contribution in [2.24, 2.45) is 0 Å². The molecule has 0 bridgehead atoms. The van der Waals surface area contributed by atoms with Crippen LogP contribution in [0.4, 0.5) is 0 Å². The molecule has 2 aromatic rings. The summed E-state index contributed by atoms with van der Waals surface area (Å²) in [6.07, 6.45) is 0. The van der Waals surface area contributed by atoms with Gasteiger partial charge in [0, 0.05) is 5.56 Å². The Balaban J connectivity index is 2.42. The zero-order chi connectivity index (χ0) is 11.5. The number of hydrogen-bond acceptors (Lipinski definition) is 3. The largest absolute Gasteiger partial charge is 0.239 e. The van der Waals surface area contributed by atoms with E-state index in [2.05, 4.69) is 42.9 Å². The van der Waals surface area contributed by atoms with Crippen LogP contribution in [0.25, 0.3) is 11.3 Å². The minimum atomic E-state index is 0.663. The van der Waals surface area contributed by atoms with Crippen LogP contribution in [0.3, 0.4) is 0 Å². The molecular formula is C11H6Br2N2S. The van der Waals surface area contributed by atoms with Gasteiger partial charge in [0.15, 0.2) is 0 Å². The number of nitrogens with zero attached hydrogens (tertiary/aromatic N) is 2. The summed E-state index contributed by atoms with van der Waals surface area (Å²) in [6, 6.07) is 9.53. The van der Waals surface area contributed by atoms with Crippen molar-refractivity contribution in [2.45, 2.75) is 5.33 Å². The van der Waals surface area contributed by atoms with E-state index in [4.69, 9.17) is 5.26 Å². The molecule has 1 aromatic heterocycles. The summed E-state index contributed by atoms with van der Waals surface area (Å²) in [6.45, 7) is 0. The van der Waals surface area contributed by atoms with Crippen molar-refractivity contribution in [3.8, 4) is 17.3 Å². The van der Waals surface area contributed by atoms with Crippen molar-refractivity contribution in [3.05, 3.63) is 38.6 Å². The summed E-state index contributed by atoms with van der Waals surface area (Å²) in [7, 11) is 0. The van der Waals surface area contributed by atoms with Crippen LogP contribution >= 0.6 is 43.2 Å². The fourth-order valence-corrected chi connectivity index (χ4v) is 3.29. The third kappa shape index (κ3) is 2.34. The molecule has 0 saturated carbocycles. The molecule has 0 unspecified atom stereocenters. The zero-order valence-corrected chi connectivity index (χ0v) is 12.1. The van der Waals surface area contributed by atoms with Gasteiger partial charge in [-0.25, -0.2) is 4.98 Å². The lowest BCUT2D eigenvalue weighted by atomic mass is 10.1. The smallest absolute Gasteiger partial charge is 0.105 e. The first-order valence-corrected chi connectivity index (χ1v) is 7.19. The van der Waals surface area contributed by atoms with Crippen LogP contribution in [0.5, 0.6) is 0 Å². The summed E-state index contributed by atoms with van der Waals surface area (Å²) < 4.78 is 1.02. The number of benzene rings is 1. The number of thiazole rings is 1. The Bertz CT molecular complexity index is 540. The maximum atomic E-state index is 8.72. The Labute approximate surface area is 114 Å². The number of aromatic nitrogens is 1. The van der Waals surface area contributed by atoms with Crippen molar-refractivity contribution in [3.63, 3.8) is 0 Å². The molecule has 0 saturated heterocycles. The van der Waals surface area contributed by atoms with Gasteiger partial charge in [-0.05, 0) is 28.1 Å². The molecule has 0 aliphatic carbocycles. The van der Waals surface area contributed by atoms with Crippen LogP contribution in [0.1, 0.15) is 10.6 Å². The number of alkyl halides is 1. The first kappa shape index (κ1) is 11.8. The highest BCUT2D eigenvalue weighted by Gasteiger charge is 2.10. The highest BCUT2D eigenvalue weighted by molar-refractivity contribution is 9.11. The number of hydrogen-bond donors (Lipinski definition) is 0. The first-order valence-electron chi connectivity index (χ1n) is 4.46. The number of nitriles is 1. The summed E-state index contributed by atoms with van der Waals surface area (Å²) in [5, 5.41) is 10.5. The quantitative estimate of drug-likeness (QED) is 0.749. The van der Waals surface area contributed by atoms with Crippen molar-refractivity contribution in [2.75, 3.05) is 0 Å². The molecular weight excluding hydrogens is 352 g/mol. The van der Waals surface area contributed by atoms with E-state index in [-0.39, 0.29) is 0 Å². The van der Waals surface area contributed by atoms with Gasteiger partial charge in [0.1, 0.15) is 5.01 Å². The van der Waals surface area contributed by atoms with E-state index >= 15 is 0 Å². The average Bonchev–Trinajstić information content (AvgIpc) is 2.71. The number of halogens is 2. The van der Waals surface area contributed by atoms with Crippen molar-refractivity contribution < 1.29 is 0 Å². The molecule has 0 aliphatic rings. The first-order chi connectivity index (χ1) is 7.74. The van der Waals surface area contributed by atoms with Crippen molar-refractivity contribution in [1.29, 1.82) is 5.26 Å². The Hall–Kier alpha value is -0.700. The molecule has 0 atom stereocenters. The second kappa shape index (κ2) is 5.09. The van der Waals surface area contributed by atoms with Gasteiger partial charge in [0.05, 0.1) is 26.4 Å². The standard InChI is InChI=1S/C11H6Br2N2S/c12-5-9-15-10(11(13)16-9)8-3-1-7(6-14)2-4-8/h1-4H,5H2. The maximum absolute atomic E-state index is 8.72. The van der Waals surface area contributed by atoms with Crippen LogP contribution in [0.2, 0.25) is 0 Å². The van der Waals surface area contributed by atoms with Gasteiger partial charge in [-0.3, -0.25) is 0 Å². The molecule has 5 heteroatoms. The third-order valence-corrected chi connectivity index (χ3v) is 4.64. The Morgan fingerprint density at radius 1 is 1.31 bits per heavy atom. The second-order valence-corrected chi connectivity index (χ2v) is 6.01. The van der Waals surface area contributed by atoms with Gasteiger partial charge in [0.25, 0.3) is 0 Å². The molecule has 0 radical (unpaired) electrons. The third-order valence-electron chi connectivity index (χ3n) is 2.03. The predicted molar refractivity (Wildman–Crippen MR) is 72.6 cm³/mol. The lowest BCUT2D eigenvalue weighted by molar-refractivity contribution is 1.28. The topological polar surface area (TPSA) is 36.7 Å². The summed E-state index contributed by atoms with van der Waals surface area (Å²) >= 11 is 8.50. The normalized spacial score (nSPS) is 10.1. The van der Waals surface area contributed by atoms with E-state index in [9.17, 15) is 0 Å². The highest BCUT2D eigenvalue weighted by Crippen LogP contribution is 2.33. The van der Waals surface area contributed by atoms with Crippen LogP contribution < -0.4 is 0 Å². The summed E-state index contributed by atoms with van der Waals surface area (Å²) in [4.78, 5) is 4.50. The monoisotopic (exact) mass is 356 g/mol. The van der Waals surface area contributed by atoms with E-state index in [1.54, 1.807) is 23.5 Å². The fourth-order valence-electron chi connectivity index (χ4n) is 1.28. The molecule has 0 fully saturated rings. The zero-order valence-electron chi connectivity index (χ0n) is 8.08. The Morgan fingerprint density at radius 2 is 2.00 bits per heavy atom. The fraction of sp³-hybridized carbons (Fsp3) is 0.0909. The molecule has 16 heavy (non-hydrogen) atoms. The van der Waals surface area contributed by atoms with Gasteiger partial charge in [-0.2, -0.15) is 5.26 Å². The minimum Gasteiger partial charge on any atom is -0.239 e. The molecule has 0 aliphatic heterocycles. The predicted octanol–water partition coefficient (Wildman–Crippen LogP) is 4.34. The van der Waals surface area contributed by atoms with Gasteiger partial charge in [-0.1, -0.05) is 28.1 Å². The number of rotatable bonds is 2. The average molecular weight is 358 g/mol. The van der Waals surface area contributed by atoms with E-state index < -0.39 is 0 Å². The lowest BCUT2D eigenvalue weighted by Crippen LogP contribution is -1.81. The summed E-state index contributed by atoms with van der Waals surface area (Å²) in [5.74, 6) is 0. The molecule has 80 valence electrons. The maximum Gasteiger partial charge on any atom is 0.105 e. The molecule has 0 N–H and O–H groups in total. The van der Waals surface area contributed by atoms with Crippen LogP contribution in [-0.4, -0.2) is 4.98 Å².